The number of halogens is 1. The molecule has 1 saturated heterocycles. The zero-order chi connectivity index (χ0) is 23.5. The quantitative estimate of drug-likeness (QED) is 0.260. The minimum Gasteiger partial charge on any atom is -0.507 e. The molecule has 1 aliphatic heterocycles. The van der Waals surface area contributed by atoms with Crippen LogP contribution in [0.15, 0.2) is 65.6 Å². The number of benzene rings is 2. The lowest BCUT2D eigenvalue weighted by Gasteiger charge is -2.24. The largest absolute Gasteiger partial charge is 0.507 e. The summed E-state index contributed by atoms with van der Waals surface area (Å²) in [4.78, 5) is 28.5. The third-order valence-corrected chi connectivity index (χ3v) is 6.44. The Morgan fingerprint density at radius 1 is 1.03 bits per heavy atom. The molecule has 1 amide bonds. The summed E-state index contributed by atoms with van der Waals surface area (Å²) in [7, 11) is 0. The van der Waals surface area contributed by atoms with Gasteiger partial charge in [0.05, 0.1) is 23.8 Å². The standard InChI is InChI=1S/C25H22ClNO5S/c1-3-31-16-9-7-15(8-10-16)27-22(20-6-5-13-33-20)21(24(29)25(27)30)23(28)18-14-17(32-4-2)11-12-19(18)26/h5-14,22,28H,3-4H2,1-2H3/b23-21-. The first kappa shape index (κ1) is 22.9. The zero-order valence-electron chi connectivity index (χ0n) is 18.1. The Hall–Kier alpha value is -3.29. The third-order valence-electron chi connectivity index (χ3n) is 5.19. The highest BCUT2D eigenvalue weighted by molar-refractivity contribution is 7.10. The van der Waals surface area contributed by atoms with E-state index in [1.807, 2.05) is 31.4 Å². The number of anilines is 1. The smallest absolute Gasteiger partial charge is 0.300 e. The lowest BCUT2D eigenvalue weighted by Crippen LogP contribution is -2.29. The molecule has 3 aromatic rings. The summed E-state index contributed by atoms with van der Waals surface area (Å²) in [5.41, 5.74) is 0.730. The van der Waals surface area contributed by atoms with Gasteiger partial charge < -0.3 is 14.6 Å². The number of nitrogens with zero attached hydrogens (tertiary/aromatic N) is 1. The minimum atomic E-state index is -0.797. The molecule has 4 rings (SSSR count). The first-order valence-corrected chi connectivity index (χ1v) is 11.7. The lowest BCUT2D eigenvalue weighted by molar-refractivity contribution is -0.132. The van der Waals surface area contributed by atoms with Gasteiger partial charge in [-0.3, -0.25) is 14.5 Å². The van der Waals surface area contributed by atoms with Crippen molar-refractivity contribution in [3.8, 4) is 11.5 Å². The van der Waals surface area contributed by atoms with Gasteiger partial charge in [0.15, 0.2) is 0 Å². The molecule has 1 N–H and O–H groups in total. The average Bonchev–Trinajstić information content (AvgIpc) is 3.43. The van der Waals surface area contributed by atoms with Crippen molar-refractivity contribution in [3.05, 3.63) is 81.0 Å². The summed E-state index contributed by atoms with van der Waals surface area (Å²) >= 11 is 7.75. The van der Waals surface area contributed by atoms with Crippen molar-refractivity contribution >= 4 is 46.1 Å². The van der Waals surface area contributed by atoms with Crippen molar-refractivity contribution < 1.29 is 24.2 Å². The molecule has 6 nitrogen and oxygen atoms in total. The van der Waals surface area contributed by atoms with Gasteiger partial charge in [-0.15, -0.1) is 11.3 Å². The van der Waals surface area contributed by atoms with Crippen molar-refractivity contribution in [1.82, 2.24) is 0 Å². The van der Waals surface area contributed by atoms with Crippen LogP contribution in [0, 0.1) is 0 Å². The summed E-state index contributed by atoms with van der Waals surface area (Å²) < 4.78 is 11.0. The van der Waals surface area contributed by atoms with E-state index in [4.69, 9.17) is 21.1 Å². The highest BCUT2D eigenvalue weighted by atomic mass is 35.5. The zero-order valence-corrected chi connectivity index (χ0v) is 19.7. The molecule has 0 saturated carbocycles. The maximum Gasteiger partial charge on any atom is 0.300 e. The maximum absolute atomic E-state index is 13.2. The Kier molecular flexibility index (Phi) is 6.72. The molecular weight excluding hydrogens is 462 g/mol. The summed E-state index contributed by atoms with van der Waals surface area (Å²) in [5.74, 6) is -0.692. The van der Waals surface area contributed by atoms with E-state index in [-0.39, 0.29) is 21.9 Å². The SMILES string of the molecule is CCOc1ccc(N2C(=O)C(=O)/C(=C(\O)c3cc(OCC)ccc3Cl)C2c2cccs2)cc1. The molecule has 170 valence electrons. The Balaban J connectivity index is 1.87. The van der Waals surface area contributed by atoms with Crippen LogP contribution in [0.5, 0.6) is 11.5 Å². The normalized spacial score (nSPS) is 17.4. The van der Waals surface area contributed by atoms with Gasteiger partial charge in [-0.2, -0.15) is 0 Å². The summed E-state index contributed by atoms with van der Waals surface area (Å²) in [5, 5.41) is 13.4. The summed E-state index contributed by atoms with van der Waals surface area (Å²) in [6.07, 6.45) is 0. The number of ether oxygens (including phenoxy) is 2. The molecule has 2 heterocycles. The van der Waals surface area contributed by atoms with Crippen LogP contribution in [0.25, 0.3) is 5.76 Å². The number of carbonyl (C=O) groups excluding carboxylic acids is 2. The first-order chi connectivity index (χ1) is 16.0. The van der Waals surface area contributed by atoms with Gasteiger partial charge >= 0.3 is 0 Å². The molecule has 1 fully saturated rings. The van der Waals surface area contributed by atoms with E-state index in [2.05, 4.69) is 0 Å². The van der Waals surface area contributed by atoms with Crippen LogP contribution in [0.3, 0.4) is 0 Å². The Bertz CT molecular complexity index is 1200. The van der Waals surface area contributed by atoms with E-state index < -0.39 is 17.7 Å². The molecule has 2 aromatic carbocycles. The second kappa shape index (κ2) is 9.68. The van der Waals surface area contributed by atoms with Gasteiger partial charge in [-0.1, -0.05) is 17.7 Å². The summed E-state index contributed by atoms with van der Waals surface area (Å²) in [6, 6.07) is 14.6. The number of carbonyl (C=O) groups is 2. The van der Waals surface area contributed by atoms with E-state index in [0.29, 0.717) is 30.4 Å². The van der Waals surface area contributed by atoms with E-state index >= 15 is 0 Å². The Morgan fingerprint density at radius 3 is 2.33 bits per heavy atom. The molecule has 0 bridgehead atoms. The Labute approximate surface area is 200 Å². The summed E-state index contributed by atoms with van der Waals surface area (Å²) in [6.45, 7) is 4.67. The minimum absolute atomic E-state index is 0.0214. The fourth-order valence-corrected chi connectivity index (χ4v) is 4.80. The molecule has 1 unspecified atom stereocenters. The number of aliphatic hydroxyl groups is 1. The van der Waals surface area contributed by atoms with Crippen LogP contribution >= 0.6 is 22.9 Å². The fourth-order valence-electron chi connectivity index (χ4n) is 3.77. The van der Waals surface area contributed by atoms with E-state index in [9.17, 15) is 14.7 Å². The predicted octanol–water partition coefficient (Wildman–Crippen LogP) is 5.83. The number of amides is 1. The van der Waals surface area contributed by atoms with Crippen molar-refractivity contribution in [1.29, 1.82) is 0 Å². The van der Waals surface area contributed by atoms with Crippen LogP contribution < -0.4 is 14.4 Å². The fraction of sp³-hybridized carbons (Fsp3) is 0.200. The number of aliphatic hydroxyl groups excluding tert-OH is 1. The number of ketones is 1. The maximum atomic E-state index is 13.2. The van der Waals surface area contributed by atoms with Crippen molar-refractivity contribution in [2.75, 3.05) is 18.1 Å². The van der Waals surface area contributed by atoms with E-state index in [1.54, 1.807) is 42.5 Å². The third kappa shape index (κ3) is 4.34. The number of Topliss-reactive ketones (excluding diaryl/α,β-unsaturated/α-hetero) is 1. The van der Waals surface area contributed by atoms with Gasteiger partial charge in [0, 0.05) is 16.1 Å². The molecule has 1 aromatic heterocycles. The number of rotatable bonds is 7. The van der Waals surface area contributed by atoms with Crippen molar-refractivity contribution in [3.63, 3.8) is 0 Å². The number of hydrogen-bond donors (Lipinski definition) is 1. The highest BCUT2D eigenvalue weighted by Crippen LogP contribution is 2.44. The molecule has 0 radical (unpaired) electrons. The molecule has 1 aliphatic rings. The van der Waals surface area contributed by atoms with Crippen LogP contribution in [0.2, 0.25) is 5.02 Å². The molecule has 33 heavy (non-hydrogen) atoms. The molecule has 0 spiro atoms. The van der Waals surface area contributed by atoms with Crippen LogP contribution in [-0.2, 0) is 9.59 Å². The van der Waals surface area contributed by atoms with Crippen molar-refractivity contribution in [2.45, 2.75) is 19.9 Å². The van der Waals surface area contributed by atoms with Crippen LogP contribution in [-0.4, -0.2) is 30.0 Å². The van der Waals surface area contributed by atoms with Gasteiger partial charge in [0.1, 0.15) is 23.3 Å². The van der Waals surface area contributed by atoms with E-state index in [1.165, 1.54) is 16.2 Å². The van der Waals surface area contributed by atoms with Gasteiger partial charge in [-0.05, 0) is 67.8 Å². The number of hydrogen-bond acceptors (Lipinski definition) is 6. The molecule has 1 atom stereocenters. The second-order valence-corrected chi connectivity index (χ2v) is 8.57. The first-order valence-electron chi connectivity index (χ1n) is 10.5. The van der Waals surface area contributed by atoms with Gasteiger partial charge in [0.25, 0.3) is 11.7 Å². The van der Waals surface area contributed by atoms with E-state index in [0.717, 1.165) is 4.88 Å². The highest BCUT2D eigenvalue weighted by Gasteiger charge is 2.47. The van der Waals surface area contributed by atoms with Crippen molar-refractivity contribution in [2.24, 2.45) is 0 Å². The lowest BCUT2D eigenvalue weighted by atomic mass is 9.99. The number of thiophene rings is 1. The average molecular weight is 484 g/mol. The monoisotopic (exact) mass is 483 g/mol. The second-order valence-electron chi connectivity index (χ2n) is 7.19. The van der Waals surface area contributed by atoms with Crippen LogP contribution in [0.4, 0.5) is 5.69 Å². The van der Waals surface area contributed by atoms with Gasteiger partial charge in [0.2, 0.25) is 0 Å². The molecule has 0 aliphatic carbocycles. The van der Waals surface area contributed by atoms with Crippen LogP contribution in [0.1, 0.15) is 30.3 Å². The topological polar surface area (TPSA) is 76.1 Å². The van der Waals surface area contributed by atoms with Gasteiger partial charge in [-0.25, -0.2) is 0 Å². The predicted molar refractivity (Wildman–Crippen MR) is 129 cm³/mol. The molecule has 8 heteroatoms. The molecular formula is C25H22ClNO5S. The Morgan fingerprint density at radius 2 is 1.70 bits per heavy atom.